The third kappa shape index (κ3) is 5.76. The number of hydrogen-bond acceptors (Lipinski definition) is 4. The van der Waals surface area contributed by atoms with Crippen molar-refractivity contribution in [1.82, 2.24) is 4.90 Å². The van der Waals surface area contributed by atoms with Gasteiger partial charge >= 0.3 is 6.03 Å². The van der Waals surface area contributed by atoms with E-state index in [1.165, 1.54) is 10.5 Å². The first-order chi connectivity index (χ1) is 16.6. The number of rotatable bonds is 8. The molecule has 0 unspecified atom stereocenters. The zero-order valence-corrected chi connectivity index (χ0v) is 19.7. The normalized spacial score (nSPS) is 14.6. The fourth-order valence-electron chi connectivity index (χ4n) is 4.72. The number of carbonyl (C=O) groups excluding carboxylic acids is 1. The highest BCUT2D eigenvalue weighted by atomic mass is 16.5. The molecular weight excluding hydrogens is 426 g/mol. The van der Waals surface area contributed by atoms with Gasteiger partial charge in [0.25, 0.3) is 0 Å². The smallest absolute Gasteiger partial charge is 0.323 e. The molecule has 0 aliphatic carbocycles. The minimum atomic E-state index is -0.578. The summed E-state index contributed by atoms with van der Waals surface area (Å²) in [5.74, 6) is 1.33. The fourth-order valence-corrected chi connectivity index (χ4v) is 4.72. The van der Waals surface area contributed by atoms with Crippen LogP contribution in [0.4, 0.5) is 16.2 Å². The number of amides is 2. The van der Waals surface area contributed by atoms with E-state index in [0.717, 1.165) is 43.5 Å². The lowest BCUT2D eigenvalue weighted by Crippen LogP contribution is -2.36. The average molecular weight is 460 g/mol. The standard InChI is InChI=1S/C28H33N3O3/c1-34-26-9-5-8-25(18-26)31(28(29)33)27-17-23(20-32)10-11-24(27)19-30-14-12-22(13-15-30)16-21-6-3-2-4-7-21/h2-11,17-18,22,32H,12-16,19-20H2,1H3,(H2,29,33). The highest BCUT2D eigenvalue weighted by Crippen LogP contribution is 2.33. The molecule has 0 radical (unpaired) electrons. The second kappa shape index (κ2) is 11.2. The van der Waals surface area contributed by atoms with Crippen LogP contribution in [0, 0.1) is 5.92 Å². The monoisotopic (exact) mass is 459 g/mol. The Bertz CT molecular complexity index is 1100. The van der Waals surface area contributed by atoms with Gasteiger partial charge in [-0.05, 0) is 73.2 Å². The van der Waals surface area contributed by atoms with Gasteiger partial charge in [0.2, 0.25) is 0 Å². The van der Waals surface area contributed by atoms with Crippen LogP contribution in [0.15, 0.2) is 72.8 Å². The maximum Gasteiger partial charge on any atom is 0.323 e. The van der Waals surface area contributed by atoms with E-state index < -0.39 is 6.03 Å². The molecule has 1 aliphatic heterocycles. The van der Waals surface area contributed by atoms with Crippen LogP contribution in [0.25, 0.3) is 0 Å². The summed E-state index contributed by atoms with van der Waals surface area (Å²) in [4.78, 5) is 16.5. The van der Waals surface area contributed by atoms with Crippen LogP contribution in [-0.4, -0.2) is 36.2 Å². The van der Waals surface area contributed by atoms with E-state index in [9.17, 15) is 9.90 Å². The molecule has 0 aromatic heterocycles. The minimum absolute atomic E-state index is 0.108. The SMILES string of the molecule is COc1cccc(N(C(N)=O)c2cc(CO)ccc2CN2CCC(Cc3ccccc3)CC2)c1. The van der Waals surface area contributed by atoms with Crippen LogP contribution < -0.4 is 15.4 Å². The molecule has 34 heavy (non-hydrogen) atoms. The molecule has 6 heteroatoms. The topological polar surface area (TPSA) is 79.0 Å². The number of primary amides is 1. The lowest BCUT2D eigenvalue weighted by atomic mass is 9.90. The average Bonchev–Trinajstić information content (AvgIpc) is 2.87. The Hall–Kier alpha value is -3.35. The van der Waals surface area contributed by atoms with Crippen molar-refractivity contribution in [2.45, 2.75) is 32.4 Å². The Balaban J connectivity index is 1.53. The number of aliphatic hydroxyl groups excluding tert-OH is 1. The first-order valence-electron chi connectivity index (χ1n) is 11.8. The van der Waals surface area contributed by atoms with Crippen LogP contribution in [0.3, 0.4) is 0 Å². The molecule has 0 atom stereocenters. The number of aliphatic hydroxyl groups is 1. The maximum absolute atomic E-state index is 12.6. The summed E-state index contributed by atoms with van der Waals surface area (Å²) in [6, 6.07) is 23.1. The number of likely N-dealkylation sites (tertiary alicyclic amines) is 1. The molecule has 0 spiro atoms. The molecular formula is C28H33N3O3. The third-order valence-corrected chi connectivity index (χ3v) is 6.57. The Labute approximate surface area is 201 Å². The van der Waals surface area contributed by atoms with Gasteiger partial charge in [-0.3, -0.25) is 9.80 Å². The van der Waals surface area contributed by atoms with Gasteiger partial charge in [-0.2, -0.15) is 0 Å². The van der Waals surface area contributed by atoms with Gasteiger partial charge in [0.05, 0.1) is 25.1 Å². The van der Waals surface area contributed by atoms with Crippen LogP contribution in [0.1, 0.15) is 29.5 Å². The molecule has 0 bridgehead atoms. The first kappa shape index (κ1) is 23.8. The number of hydrogen-bond donors (Lipinski definition) is 2. The molecule has 4 rings (SSSR count). The van der Waals surface area contributed by atoms with Gasteiger partial charge in [-0.25, -0.2) is 4.79 Å². The Kier molecular flexibility index (Phi) is 7.83. The molecule has 0 saturated carbocycles. The summed E-state index contributed by atoms with van der Waals surface area (Å²) < 4.78 is 5.34. The fraction of sp³-hybridized carbons (Fsp3) is 0.321. The summed E-state index contributed by atoms with van der Waals surface area (Å²) >= 11 is 0. The van der Waals surface area contributed by atoms with Crippen molar-refractivity contribution in [2.75, 3.05) is 25.1 Å². The van der Waals surface area contributed by atoms with Gasteiger partial charge in [0, 0.05) is 12.6 Å². The predicted octanol–water partition coefficient (Wildman–Crippen LogP) is 4.86. The number of urea groups is 1. The number of carbonyl (C=O) groups is 1. The van der Waals surface area contributed by atoms with Crippen molar-refractivity contribution in [1.29, 1.82) is 0 Å². The van der Waals surface area contributed by atoms with Gasteiger partial charge in [-0.1, -0.05) is 48.5 Å². The summed E-state index contributed by atoms with van der Waals surface area (Å²) in [5, 5.41) is 9.73. The maximum atomic E-state index is 12.6. The zero-order chi connectivity index (χ0) is 23.9. The van der Waals surface area contributed by atoms with Gasteiger partial charge in [-0.15, -0.1) is 0 Å². The number of nitrogens with zero attached hydrogens (tertiary/aromatic N) is 2. The number of ether oxygens (including phenoxy) is 1. The molecule has 1 heterocycles. The molecule has 1 saturated heterocycles. The molecule has 178 valence electrons. The van der Waals surface area contributed by atoms with Gasteiger partial charge in [0.1, 0.15) is 5.75 Å². The lowest BCUT2D eigenvalue weighted by Gasteiger charge is -2.33. The van der Waals surface area contributed by atoms with Gasteiger partial charge in [0.15, 0.2) is 0 Å². The number of anilines is 2. The van der Waals surface area contributed by atoms with Gasteiger partial charge < -0.3 is 15.6 Å². The Morgan fingerprint density at radius 1 is 1.03 bits per heavy atom. The lowest BCUT2D eigenvalue weighted by molar-refractivity contribution is 0.177. The second-order valence-corrected chi connectivity index (χ2v) is 8.91. The van der Waals surface area contributed by atoms with E-state index in [0.29, 0.717) is 29.6 Å². The van der Waals surface area contributed by atoms with E-state index >= 15 is 0 Å². The molecule has 1 fully saturated rings. The highest BCUT2D eigenvalue weighted by molar-refractivity contribution is 5.99. The third-order valence-electron chi connectivity index (χ3n) is 6.57. The van der Waals surface area contributed by atoms with Crippen LogP contribution in [0.5, 0.6) is 5.75 Å². The van der Waals surface area contributed by atoms with E-state index in [1.54, 1.807) is 13.2 Å². The second-order valence-electron chi connectivity index (χ2n) is 8.91. The summed E-state index contributed by atoms with van der Waals surface area (Å²) in [6.45, 7) is 2.62. The summed E-state index contributed by atoms with van der Waals surface area (Å²) in [6.07, 6.45) is 3.42. The van der Waals surface area contributed by atoms with E-state index in [4.69, 9.17) is 10.5 Å². The molecule has 3 aromatic carbocycles. The van der Waals surface area contributed by atoms with Crippen molar-refractivity contribution >= 4 is 17.4 Å². The van der Waals surface area contributed by atoms with Crippen molar-refractivity contribution in [2.24, 2.45) is 11.7 Å². The van der Waals surface area contributed by atoms with E-state index in [2.05, 4.69) is 35.2 Å². The number of methoxy groups -OCH3 is 1. The Morgan fingerprint density at radius 2 is 1.79 bits per heavy atom. The molecule has 1 aliphatic rings. The molecule has 3 N–H and O–H groups in total. The highest BCUT2D eigenvalue weighted by Gasteiger charge is 2.24. The molecule has 2 amide bonds. The van der Waals surface area contributed by atoms with Crippen molar-refractivity contribution in [3.8, 4) is 5.75 Å². The van der Waals surface area contributed by atoms with Crippen molar-refractivity contribution in [3.63, 3.8) is 0 Å². The van der Waals surface area contributed by atoms with Crippen molar-refractivity contribution < 1.29 is 14.6 Å². The number of benzene rings is 3. The quantitative estimate of drug-likeness (QED) is 0.504. The molecule has 6 nitrogen and oxygen atoms in total. The number of nitrogens with two attached hydrogens (primary N) is 1. The summed E-state index contributed by atoms with van der Waals surface area (Å²) in [5.41, 5.74) is 10.3. The zero-order valence-electron chi connectivity index (χ0n) is 19.7. The van der Waals surface area contributed by atoms with Crippen LogP contribution in [-0.2, 0) is 19.6 Å². The van der Waals surface area contributed by atoms with Crippen LogP contribution in [0.2, 0.25) is 0 Å². The predicted molar refractivity (Wildman–Crippen MR) is 135 cm³/mol. The molecule has 3 aromatic rings. The largest absolute Gasteiger partial charge is 0.497 e. The van der Waals surface area contributed by atoms with Crippen molar-refractivity contribution in [3.05, 3.63) is 89.5 Å². The Morgan fingerprint density at radius 3 is 2.47 bits per heavy atom. The van der Waals surface area contributed by atoms with Crippen LogP contribution >= 0.6 is 0 Å². The number of piperidine rings is 1. The first-order valence-corrected chi connectivity index (χ1v) is 11.8. The minimum Gasteiger partial charge on any atom is -0.497 e. The van der Waals surface area contributed by atoms with E-state index in [-0.39, 0.29) is 6.61 Å². The van der Waals surface area contributed by atoms with E-state index in [1.807, 2.05) is 36.4 Å². The summed E-state index contributed by atoms with van der Waals surface area (Å²) in [7, 11) is 1.59.